The van der Waals surface area contributed by atoms with Crippen LogP contribution < -0.4 is 0 Å². The summed E-state index contributed by atoms with van der Waals surface area (Å²) in [4.78, 5) is 20.2. The Kier molecular flexibility index (Phi) is 2.69. The molecule has 0 saturated heterocycles. The maximum absolute atomic E-state index is 10.1. The van der Waals surface area contributed by atoms with Crippen LogP contribution in [0.1, 0.15) is 13.3 Å². The third-order valence-electron chi connectivity index (χ3n) is 0.554. The van der Waals surface area contributed by atoms with E-state index in [9.17, 15) is 9.59 Å². The van der Waals surface area contributed by atoms with Gasteiger partial charge in [-0.25, -0.2) is 0 Å². The topological polar surface area (TPSA) is 45.4 Å². The smallest absolute Gasteiger partial charge is 0.299 e. The fourth-order valence-electron chi connectivity index (χ4n) is 0.254. The first-order valence-corrected chi connectivity index (χ1v) is 2.11. The molecule has 0 aliphatic carbocycles. The molecule has 0 spiro atoms. The molecule has 0 saturated carbocycles. The quantitative estimate of drug-likeness (QED) is 0.371. The van der Waals surface area contributed by atoms with E-state index in [4.69, 9.17) is 0 Å². The molecule has 0 bridgehead atoms. The molecule has 0 unspecified atom stereocenters. The first-order valence-electron chi connectivity index (χ1n) is 2.11. The number of hydrogen-bond donors (Lipinski definition) is 0. The van der Waals surface area contributed by atoms with Gasteiger partial charge in [0.1, 0.15) is 5.78 Å². The lowest BCUT2D eigenvalue weighted by atomic mass is 10.3. The Morgan fingerprint density at radius 2 is 2.12 bits per heavy atom. The number of carbonyl (C=O) groups is 2. The summed E-state index contributed by atoms with van der Waals surface area (Å²) >= 11 is 0. The van der Waals surface area contributed by atoms with Crippen LogP contribution in [0.2, 0.25) is 0 Å². The molecule has 0 N–H and O–H groups in total. The Labute approximate surface area is 47.0 Å². The van der Waals surface area contributed by atoms with Gasteiger partial charge >= 0.3 is 5.97 Å². The zero-order valence-corrected chi connectivity index (χ0v) is 4.64. The minimum Gasteiger partial charge on any atom is -0.299 e. The number of carbonyl (C=O) groups excluding carboxylic acids is 3. The van der Waals surface area contributed by atoms with Gasteiger partial charge < -0.3 is 0 Å². The Balaban J connectivity index is 3.55. The van der Waals surface area contributed by atoms with Crippen molar-refractivity contribution in [1.82, 2.24) is 0 Å². The molecule has 44 valence electrons. The average Bonchev–Trinajstić information content (AvgIpc) is 1.65. The van der Waals surface area contributed by atoms with Crippen LogP contribution in [0, 0.1) is 0 Å². The van der Waals surface area contributed by atoms with Gasteiger partial charge in [-0.15, -0.1) is 0 Å². The number of ketones is 1. The lowest BCUT2D eigenvalue weighted by molar-refractivity contribution is -0.367. The monoisotopic (exact) mass is 115 g/mol. The molecular formula is C5H7O3+. The van der Waals surface area contributed by atoms with E-state index in [-0.39, 0.29) is 12.2 Å². The van der Waals surface area contributed by atoms with Crippen molar-refractivity contribution < 1.29 is 14.0 Å². The summed E-state index contributed by atoms with van der Waals surface area (Å²) in [5.41, 5.74) is 0. The highest BCUT2D eigenvalue weighted by Crippen LogP contribution is 1.79. The second kappa shape index (κ2) is 3.07. The maximum Gasteiger partial charge on any atom is 0.586 e. The second-order valence-electron chi connectivity index (χ2n) is 1.40. The predicted molar refractivity (Wildman–Crippen MR) is 27.4 cm³/mol. The fourth-order valence-corrected chi connectivity index (χ4v) is 0.254. The molecule has 0 fully saturated rings. The zero-order valence-electron chi connectivity index (χ0n) is 4.64. The van der Waals surface area contributed by atoms with Gasteiger partial charge in [-0.2, -0.15) is 0 Å². The first kappa shape index (κ1) is 7.01. The van der Waals surface area contributed by atoms with Crippen LogP contribution >= 0.6 is 0 Å². The van der Waals surface area contributed by atoms with Crippen molar-refractivity contribution in [1.29, 1.82) is 0 Å². The summed E-state index contributed by atoms with van der Waals surface area (Å²) < 4.78 is 3.95. The molecule has 0 aromatic rings. The van der Waals surface area contributed by atoms with Crippen LogP contribution in [0.25, 0.3) is 0 Å². The fraction of sp³-hybridized carbons (Fsp3) is 0.400. The number of rotatable bonds is 2. The molecule has 0 amide bonds. The van der Waals surface area contributed by atoms with Gasteiger partial charge in [-0.3, -0.25) is 9.22 Å². The van der Waals surface area contributed by atoms with Gasteiger partial charge in [0.2, 0.25) is 0 Å². The summed E-state index contributed by atoms with van der Waals surface area (Å²) in [5.74, 6) is -0.795. The third kappa shape index (κ3) is 3.21. The molecular weight excluding hydrogens is 108 g/mol. The van der Waals surface area contributed by atoms with Crippen LogP contribution in [0.5, 0.6) is 0 Å². The molecule has 3 nitrogen and oxygen atoms in total. The van der Waals surface area contributed by atoms with Crippen LogP contribution in [0.3, 0.4) is 0 Å². The van der Waals surface area contributed by atoms with E-state index in [2.05, 4.69) is 11.2 Å². The minimum absolute atomic E-state index is 0.177. The van der Waals surface area contributed by atoms with E-state index in [0.717, 1.165) is 0 Å². The highest BCUT2D eigenvalue weighted by atomic mass is 16.4. The van der Waals surface area contributed by atoms with Crippen LogP contribution in [0.15, 0.2) is 0 Å². The summed E-state index contributed by atoms with van der Waals surface area (Å²) in [7, 11) is 0. The Morgan fingerprint density at radius 1 is 1.62 bits per heavy atom. The van der Waals surface area contributed by atoms with Crippen molar-refractivity contribution in [3.63, 3.8) is 0 Å². The second-order valence-corrected chi connectivity index (χ2v) is 1.40. The molecule has 8 heavy (non-hydrogen) atoms. The molecule has 0 aromatic heterocycles. The lowest BCUT2D eigenvalue weighted by Gasteiger charge is -1.73. The Morgan fingerprint density at radius 3 is 2.25 bits per heavy atom. The Bertz CT molecular complexity index is 126. The molecule has 0 heterocycles. The first-order chi connectivity index (χ1) is 3.66. The van der Waals surface area contributed by atoms with Gasteiger partial charge in [-0.1, -0.05) is 0 Å². The summed E-state index contributed by atoms with van der Waals surface area (Å²) in [6.07, 6.45) is -0.177. The highest BCUT2D eigenvalue weighted by Gasteiger charge is 2.13. The molecule has 0 atom stereocenters. The van der Waals surface area contributed by atoms with E-state index in [0.29, 0.717) is 0 Å². The van der Waals surface area contributed by atoms with E-state index < -0.39 is 5.97 Å². The van der Waals surface area contributed by atoms with Crippen LogP contribution in [0.4, 0.5) is 0 Å². The normalized spacial score (nSPS) is 8.12. The lowest BCUT2D eigenvalue weighted by Crippen LogP contribution is -2.02. The molecule has 0 radical (unpaired) electrons. The zero-order chi connectivity index (χ0) is 6.57. The van der Waals surface area contributed by atoms with E-state index >= 15 is 0 Å². The summed E-state index contributed by atoms with van der Waals surface area (Å²) in [6.45, 7) is 4.15. The largest absolute Gasteiger partial charge is 0.586 e. The van der Waals surface area contributed by atoms with Crippen LogP contribution in [-0.4, -0.2) is 18.5 Å². The van der Waals surface area contributed by atoms with Gasteiger partial charge in [-0.05, 0) is 6.92 Å². The minimum atomic E-state index is -0.586. The number of Topliss-reactive ketones (excluding diaryl/α,β-unsaturated/α-hetero) is 1. The standard InChI is InChI=1S/C5H7O3/c1-4(6)3-5(7)8-2/h2-3H2,1H3/q+1. The SMILES string of the molecule is C=[O+]C(=O)CC(C)=O. The Hall–Kier alpha value is -0.990. The molecule has 0 aromatic carbocycles. The van der Waals surface area contributed by atoms with Gasteiger partial charge in [0.15, 0.2) is 13.2 Å². The maximum atomic E-state index is 10.1. The van der Waals surface area contributed by atoms with Crippen molar-refractivity contribution in [2.75, 3.05) is 0 Å². The van der Waals surface area contributed by atoms with E-state index in [1.165, 1.54) is 6.92 Å². The summed E-state index contributed by atoms with van der Waals surface area (Å²) in [5, 5.41) is 0. The van der Waals surface area contributed by atoms with Crippen molar-refractivity contribution in [2.24, 2.45) is 0 Å². The van der Waals surface area contributed by atoms with Crippen molar-refractivity contribution in [2.45, 2.75) is 13.3 Å². The molecule has 0 rings (SSSR count). The van der Waals surface area contributed by atoms with Gasteiger partial charge in [0.25, 0.3) is 0 Å². The van der Waals surface area contributed by atoms with Crippen molar-refractivity contribution >= 4 is 18.5 Å². The van der Waals surface area contributed by atoms with Gasteiger partial charge in [0, 0.05) is 4.79 Å². The number of hydrogen-bond acceptors (Lipinski definition) is 2. The molecule has 0 aliphatic heterocycles. The summed E-state index contributed by atoms with van der Waals surface area (Å²) in [6, 6.07) is 0. The van der Waals surface area contributed by atoms with E-state index in [1.807, 2.05) is 0 Å². The third-order valence-corrected chi connectivity index (χ3v) is 0.554. The predicted octanol–water partition coefficient (Wildman–Crippen LogP) is -0.144. The van der Waals surface area contributed by atoms with Gasteiger partial charge in [0.05, 0.1) is 0 Å². The highest BCUT2D eigenvalue weighted by molar-refractivity contribution is 5.92. The molecule has 0 aliphatic rings. The average molecular weight is 115 g/mol. The molecule has 3 heteroatoms. The van der Waals surface area contributed by atoms with E-state index in [1.54, 1.807) is 0 Å². The van der Waals surface area contributed by atoms with Crippen LogP contribution in [-0.2, 0) is 14.0 Å². The van der Waals surface area contributed by atoms with Crippen molar-refractivity contribution in [3.8, 4) is 0 Å². The van der Waals surface area contributed by atoms with Crippen molar-refractivity contribution in [3.05, 3.63) is 0 Å².